The molecular weight excluding hydrogens is 436 g/mol. The van der Waals surface area contributed by atoms with E-state index in [0.717, 1.165) is 18.8 Å². The zero-order valence-electron chi connectivity index (χ0n) is 25.8. The molecule has 0 saturated carbocycles. The van der Waals surface area contributed by atoms with Gasteiger partial charge in [-0.25, -0.2) is 0 Å². The molecule has 0 rings (SSSR count). The Bertz CT molecular complexity index is 379. The van der Waals surface area contributed by atoms with Gasteiger partial charge in [0.2, 0.25) is 0 Å². The summed E-state index contributed by atoms with van der Waals surface area (Å²) in [7, 11) is 0. The number of unbranched alkanes of at least 4 members (excludes halogenated alkanes) is 24. The fourth-order valence-electron chi connectivity index (χ4n) is 5.56. The number of hydrogen-bond donors (Lipinski definition) is 1. The molecule has 0 aromatic carbocycles. The number of aliphatic hydroxyl groups excluding tert-OH is 1. The highest BCUT2D eigenvalue weighted by Crippen LogP contribution is 2.17. The lowest BCUT2D eigenvalue weighted by Gasteiger charge is -2.10. The van der Waals surface area contributed by atoms with E-state index < -0.39 is 0 Å². The average Bonchev–Trinajstić information content (AvgIpc) is 2.88. The molecule has 0 aliphatic carbocycles. The van der Waals surface area contributed by atoms with Crippen LogP contribution in [0.15, 0.2) is 0 Å². The minimum Gasteiger partial charge on any atom is -0.393 e. The van der Waals surface area contributed by atoms with Crippen LogP contribution in [-0.2, 0) is 0 Å². The maximum absolute atomic E-state index is 10.1. The van der Waals surface area contributed by atoms with Crippen LogP contribution in [-0.4, -0.2) is 11.2 Å². The highest BCUT2D eigenvalue weighted by molar-refractivity contribution is 4.58. The summed E-state index contributed by atoms with van der Waals surface area (Å²) < 4.78 is 0. The maximum atomic E-state index is 10.1. The molecule has 0 aromatic heterocycles. The van der Waals surface area contributed by atoms with Crippen molar-refractivity contribution in [2.24, 2.45) is 5.92 Å². The van der Waals surface area contributed by atoms with Gasteiger partial charge in [0, 0.05) is 0 Å². The van der Waals surface area contributed by atoms with Gasteiger partial charge in [-0.15, -0.1) is 0 Å². The van der Waals surface area contributed by atoms with Crippen LogP contribution in [0.4, 0.5) is 0 Å². The summed E-state index contributed by atoms with van der Waals surface area (Å²) in [4.78, 5) is 0. The van der Waals surface area contributed by atoms with Crippen LogP contribution in [0.25, 0.3) is 0 Å². The summed E-state index contributed by atoms with van der Waals surface area (Å²) >= 11 is 0. The predicted octanol–water partition coefficient (Wildman–Crippen LogP) is 12.7. The van der Waals surface area contributed by atoms with Gasteiger partial charge in [0.1, 0.15) is 0 Å². The first kappa shape index (κ1) is 36.0. The Hall–Kier alpha value is -0.0400. The van der Waals surface area contributed by atoms with Crippen molar-refractivity contribution in [1.29, 1.82) is 0 Å². The molecule has 1 N–H and O–H groups in total. The van der Waals surface area contributed by atoms with Crippen LogP contribution in [0.2, 0.25) is 0 Å². The van der Waals surface area contributed by atoms with Gasteiger partial charge in [-0.2, -0.15) is 0 Å². The smallest absolute Gasteiger partial charge is 0.0540 e. The Morgan fingerprint density at radius 3 is 0.889 bits per heavy atom. The molecule has 0 spiro atoms. The molecule has 2 unspecified atom stereocenters. The van der Waals surface area contributed by atoms with Crippen molar-refractivity contribution in [3.05, 3.63) is 0 Å². The standard InChI is InChI=1S/C35H72O/c1-4-6-7-25-29-32-35(36)33-30-27-24-22-20-18-16-14-12-10-8-9-11-13-15-17-19-21-23-26-28-31-34(3)5-2/h34-36H,4-33H2,1-3H3. The third-order valence-corrected chi connectivity index (χ3v) is 8.57. The van der Waals surface area contributed by atoms with Crippen LogP contribution in [0.1, 0.15) is 213 Å². The summed E-state index contributed by atoms with van der Waals surface area (Å²) in [5, 5.41) is 10.1. The minimum absolute atomic E-state index is 0.0319. The Labute approximate surface area is 230 Å². The first-order valence-electron chi connectivity index (χ1n) is 17.4. The summed E-state index contributed by atoms with van der Waals surface area (Å²) in [6.07, 6.45) is 41.7. The highest BCUT2D eigenvalue weighted by Gasteiger charge is 2.03. The van der Waals surface area contributed by atoms with Crippen LogP contribution >= 0.6 is 0 Å². The van der Waals surface area contributed by atoms with Gasteiger partial charge in [-0.1, -0.05) is 201 Å². The Morgan fingerprint density at radius 1 is 0.361 bits per heavy atom. The van der Waals surface area contributed by atoms with Crippen LogP contribution in [0.5, 0.6) is 0 Å². The Morgan fingerprint density at radius 2 is 0.611 bits per heavy atom. The van der Waals surface area contributed by atoms with Gasteiger partial charge in [-0.05, 0) is 18.8 Å². The van der Waals surface area contributed by atoms with Crippen molar-refractivity contribution >= 4 is 0 Å². The fraction of sp³-hybridized carbons (Fsp3) is 1.00. The van der Waals surface area contributed by atoms with Gasteiger partial charge in [0.05, 0.1) is 6.10 Å². The largest absolute Gasteiger partial charge is 0.393 e. The van der Waals surface area contributed by atoms with Crippen molar-refractivity contribution in [2.75, 3.05) is 0 Å². The monoisotopic (exact) mass is 509 g/mol. The lowest BCUT2D eigenvalue weighted by molar-refractivity contribution is 0.147. The summed E-state index contributed by atoms with van der Waals surface area (Å²) in [5.74, 6) is 0.941. The molecule has 0 aliphatic heterocycles. The van der Waals surface area contributed by atoms with Crippen molar-refractivity contribution in [3.63, 3.8) is 0 Å². The molecule has 0 saturated heterocycles. The van der Waals surface area contributed by atoms with Crippen LogP contribution < -0.4 is 0 Å². The first-order chi connectivity index (χ1) is 17.7. The molecule has 0 bridgehead atoms. The molecule has 0 radical (unpaired) electrons. The van der Waals surface area contributed by atoms with E-state index in [9.17, 15) is 5.11 Å². The zero-order valence-corrected chi connectivity index (χ0v) is 25.8. The third-order valence-electron chi connectivity index (χ3n) is 8.57. The summed E-state index contributed by atoms with van der Waals surface area (Å²) in [6, 6.07) is 0. The van der Waals surface area contributed by atoms with Crippen LogP contribution in [0, 0.1) is 5.92 Å². The van der Waals surface area contributed by atoms with E-state index in [-0.39, 0.29) is 6.10 Å². The summed E-state index contributed by atoms with van der Waals surface area (Å²) in [5.41, 5.74) is 0. The van der Waals surface area contributed by atoms with Gasteiger partial charge in [-0.3, -0.25) is 0 Å². The minimum atomic E-state index is -0.0319. The molecule has 0 heterocycles. The SMILES string of the molecule is CCCCCCCC(O)CCCCCCCCCCCCCCCCCCCCCCCC(C)CC. The quantitative estimate of drug-likeness (QED) is 0.0923. The molecule has 218 valence electrons. The maximum Gasteiger partial charge on any atom is 0.0540 e. The molecule has 1 nitrogen and oxygen atoms in total. The van der Waals surface area contributed by atoms with Crippen molar-refractivity contribution < 1.29 is 5.11 Å². The first-order valence-corrected chi connectivity index (χ1v) is 17.4. The normalized spacial score (nSPS) is 13.3. The number of aliphatic hydroxyl groups is 1. The molecule has 36 heavy (non-hydrogen) atoms. The summed E-state index contributed by atoms with van der Waals surface area (Å²) in [6.45, 7) is 6.98. The van der Waals surface area contributed by atoms with Crippen molar-refractivity contribution in [1.82, 2.24) is 0 Å². The molecule has 1 heteroatoms. The number of rotatable bonds is 31. The lowest BCUT2D eigenvalue weighted by atomic mass is 9.99. The van der Waals surface area contributed by atoms with E-state index in [1.807, 2.05) is 0 Å². The zero-order chi connectivity index (χ0) is 26.4. The van der Waals surface area contributed by atoms with Gasteiger partial charge in [0.15, 0.2) is 0 Å². The van der Waals surface area contributed by atoms with E-state index in [2.05, 4.69) is 20.8 Å². The van der Waals surface area contributed by atoms with Gasteiger partial charge in [0.25, 0.3) is 0 Å². The van der Waals surface area contributed by atoms with Crippen LogP contribution in [0.3, 0.4) is 0 Å². The van der Waals surface area contributed by atoms with Gasteiger partial charge < -0.3 is 5.11 Å². The highest BCUT2D eigenvalue weighted by atomic mass is 16.3. The van der Waals surface area contributed by atoms with E-state index in [1.165, 1.54) is 180 Å². The molecule has 2 atom stereocenters. The third kappa shape index (κ3) is 30.2. The second-order valence-electron chi connectivity index (χ2n) is 12.4. The van der Waals surface area contributed by atoms with Gasteiger partial charge >= 0.3 is 0 Å². The molecular formula is C35H72O. The number of hydrogen-bond acceptors (Lipinski definition) is 1. The second kappa shape index (κ2) is 31.2. The molecule has 0 aromatic rings. The Balaban J connectivity index is 3.10. The second-order valence-corrected chi connectivity index (χ2v) is 12.4. The molecule has 0 fully saturated rings. The molecule has 0 aliphatic rings. The fourth-order valence-corrected chi connectivity index (χ4v) is 5.56. The van der Waals surface area contributed by atoms with Crippen molar-refractivity contribution in [3.8, 4) is 0 Å². The van der Waals surface area contributed by atoms with Crippen molar-refractivity contribution in [2.45, 2.75) is 219 Å². The topological polar surface area (TPSA) is 20.2 Å². The van der Waals surface area contributed by atoms with E-state index >= 15 is 0 Å². The van der Waals surface area contributed by atoms with E-state index in [0.29, 0.717) is 0 Å². The average molecular weight is 509 g/mol. The molecule has 0 amide bonds. The van der Waals surface area contributed by atoms with E-state index in [4.69, 9.17) is 0 Å². The lowest BCUT2D eigenvalue weighted by Crippen LogP contribution is -2.05. The predicted molar refractivity (Wildman–Crippen MR) is 165 cm³/mol. The van der Waals surface area contributed by atoms with E-state index in [1.54, 1.807) is 0 Å². The Kier molecular flexibility index (Phi) is 31.1.